The zero-order valence-electron chi connectivity index (χ0n) is 11.9. The van der Waals surface area contributed by atoms with Crippen molar-refractivity contribution in [1.29, 1.82) is 0 Å². The molecule has 3 rings (SSSR count). The number of aromatic nitrogens is 1. The van der Waals surface area contributed by atoms with Crippen molar-refractivity contribution in [1.82, 2.24) is 9.88 Å². The van der Waals surface area contributed by atoms with Gasteiger partial charge in [-0.3, -0.25) is 4.98 Å². The van der Waals surface area contributed by atoms with Crippen molar-refractivity contribution in [2.45, 2.75) is 44.6 Å². The third-order valence-corrected chi connectivity index (χ3v) is 4.98. The van der Waals surface area contributed by atoms with Crippen molar-refractivity contribution in [2.24, 2.45) is 5.92 Å². The highest BCUT2D eigenvalue weighted by molar-refractivity contribution is 6.31. The van der Waals surface area contributed by atoms with E-state index in [1.54, 1.807) is 12.4 Å². The van der Waals surface area contributed by atoms with Crippen LogP contribution in [0.3, 0.4) is 0 Å². The highest BCUT2D eigenvalue weighted by atomic mass is 35.5. The minimum absolute atomic E-state index is 0.607. The molecule has 1 aromatic heterocycles. The first-order valence-corrected chi connectivity index (χ1v) is 8.17. The number of piperidine rings is 1. The van der Waals surface area contributed by atoms with Crippen LogP contribution >= 0.6 is 11.6 Å². The molecule has 0 atom stereocenters. The van der Waals surface area contributed by atoms with Gasteiger partial charge in [-0.2, -0.15) is 0 Å². The molecule has 2 aliphatic rings. The molecule has 1 aromatic rings. The van der Waals surface area contributed by atoms with Gasteiger partial charge >= 0.3 is 0 Å². The molecule has 0 aromatic carbocycles. The first-order chi connectivity index (χ1) is 9.83. The molecule has 110 valence electrons. The minimum atomic E-state index is 0.607. The Morgan fingerprint density at radius 2 is 1.95 bits per heavy atom. The lowest BCUT2D eigenvalue weighted by Gasteiger charge is -2.35. The highest BCUT2D eigenvalue weighted by Crippen LogP contribution is 2.29. The number of hydrogen-bond donors (Lipinski definition) is 0. The molecular formula is C16H23ClN2O. The van der Waals surface area contributed by atoms with Crippen LogP contribution in [0.5, 0.6) is 5.75 Å². The summed E-state index contributed by atoms with van der Waals surface area (Å²) < 4.78 is 5.85. The molecule has 0 spiro atoms. The van der Waals surface area contributed by atoms with E-state index < -0.39 is 0 Å². The molecule has 0 unspecified atom stereocenters. The van der Waals surface area contributed by atoms with Gasteiger partial charge in [-0.15, -0.1) is 0 Å². The van der Waals surface area contributed by atoms with E-state index >= 15 is 0 Å². The van der Waals surface area contributed by atoms with E-state index in [1.165, 1.54) is 51.6 Å². The number of ether oxygens (including phenoxy) is 1. The van der Waals surface area contributed by atoms with Crippen LogP contribution in [0.4, 0.5) is 0 Å². The van der Waals surface area contributed by atoms with Crippen LogP contribution in [0.25, 0.3) is 0 Å². The molecule has 0 radical (unpaired) electrons. The first-order valence-electron chi connectivity index (χ1n) is 7.79. The molecule has 1 aliphatic heterocycles. The summed E-state index contributed by atoms with van der Waals surface area (Å²) in [5.74, 6) is 1.43. The zero-order chi connectivity index (χ0) is 13.8. The lowest BCUT2D eigenvalue weighted by molar-refractivity contribution is 0.108. The van der Waals surface area contributed by atoms with Gasteiger partial charge in [0.05, 0.1) is 6.61 Å². The smallest absolute Gasteiger partial charge is 0.141 e. The number of likely N-dealkylation sites (tertiary alicyclic amines) is 1. The van der Waals surface area contributed by atoms with Crippen molar-refractivity contribution in [3.63, 3.8) is 0 Å². The molecule has 2 heterocycles. The van der Waals surface area contributed by atoms with Crippen LogP contribution in [0.15, 0.2) is 18.5 Å². The number of hydrogen-bond acceptors (Lipinski definition) is 3. The molecule has 4 heteroatoms. The van der Waals surface area contributed by atoms with Crippen LogP contribution in [-0.4, -0.2) is 35.6 Å². The fourth-order valence-electron chi connectivity index (χ4n) is 3.44. The normalized spacial score (nSPS) is 22.2. The van der Waals surface area contributed by atoms with E-state index in [2.05, 4.69) is 9.88 Å². The summed E-state index contributed by atoms with van der Waals surface area (Å²) in [7, 11) is 0. The zero-order valence-corrected chi connectivity index (χ0v) is 12.7. The molecule has 2 fully saturated rings. The third-order valence-electron chi connectivity index (χ3n) is 4.70. The van der Waals surface area contributed by atoms with E-state index in [4.69, 9.17) is 16.3 Å². The van der Waals surface area contributed by atoms with Gasteiger partial charge in [-0.05, 0) is 44.7 Å². The molecule has 0 N–H and O–H groups in total. The van der Waals surface area contributed by atoms with E-state index in [0.29, 0.717) is 10.9 Å². The molecular weight excluding hydrogens is 272 g/mol. The van der Waals surface area contributed by atoms with E-state index in [9.17, 15) is 0 Å². The van der Waals surface area contributed by atoms with Gasteiger partial charge in [0.15, 0.2) is 0 Å². The van der Waals surface area contributed by atoms with Gasteiger partial charge in [0.1, 0.15) is 10.8 Å². The molecule has 3 nitrogen and oxygen atoms in total. The molecule has 0 amide bonds. The van der Waals surface area contributed by atoms with Crippen LogP contribution in [0, 0.1) is 5.92 Å². The highest BCUT2D eigenvalue weighted by Gasteiger charge is 2.27. The topological polar surface area (TPSA) is 25.4 Å². The van der Waals surface area contributed by atoms with Crippen LogP contribution in [0.2, 0.25) is 5.02 Å². The Labute approximate surface area is 126 Å². The van der Waals surface area contributed by atoms with E-state index in [0.717, 1.165) is 18.4 Å². The van der Waals surface area contributed by atoms with E-state index in [-0.39, 0.29) is 0 Å². The van der Waals surface area contributed by atoms with Crippen LogP contribution in [0.1, 0.15) is 38.5 Å². The van der Waals surface area contributed by atoms with Crippen molar-refractivity contribution < 1.29 is 4.74 Å². The van der Waals surface area contributed by atoms with Gasteiger partial charge in [0.25, 0.3) is 0 Å². The minimum Gasteiger partial charge on any atom is -0.492 e. The van der Waals surface area contributed by atoms with Crippen LogP contribution < -0.4 is 4.74 Å². The first kappa shape index (κ1) is 14.2. The second kappa shape index (κ2) is 6.77. The summed E-state index contributed by atoms with van der Waals surface area (Å²) in [4.78, 5) is 6.67. The van der Waals surface area contributed by atoms with E-state index in [1.807, 2.05) is 6.07 Å². The average molecular weight is 295 g/mol. The molecule has 20 heavy (non-hydrogen) atoms. The second-order valence-electron chi connectivity index (χ2n) is 6.03. The van der Waals surface area contributed by atoms with Crippen molar-refractivity contribution in [2.75, 3.05) is 19.7 Å². The number of nitrogens with zero attached hydrogens (tertiary/aromatic N) is 2. The maximum Gasteiger partial charge on any atom is 0.141 e. The fourth-order valence-corrected chi connectivity index (χ4v) is 3.62. The summed E-state index contributed by atoms with van der Waals surface area (Å²) in [6.07, 6.45) is 11.5. The Morgan fingerprint density at radius 1 is 1.20 bits per heavy atom. The van der Waals surface area contributed by atoms with Gasteiger partial charge in [0, 0.05) is 24.5 Å². The Kier molecular flexibility index (Phi) is 4.79. The lowest BCUT2D eigenvalue weighted by Crippen LogP contribution is -2.41. The largest absolute Gasteiger partial charge is 0.492 e. The maximum absolute atomic E-state index is 6.06. The summed E-state index contributed by atoms with van der Waals surface area (Å²) in [6.45, 7) is 3.26. The predicted octanol–water partition coefficient (Wildman–Crippen LogP) is 3.77. The molecule has 1 aliphatic carbocycles. The summed E-state index contributed by atoms with van der Waals surface area (Å²) in [5.41, 5.74) is 0. The Morgan fingerprint density at radius 3 is 2.65 bits per heavy atom. The second-order valence-corrected chi connectivity index (χ2v) is 6.44. The average Bonchev–Trinajstić information content (AvgIpc) is 3.01. The number of rotatable bonds is 4. The molecule has 1 saturated carbocycles. The molecule has 1 saturated heterocycles. The Bertz CT molecular complexity index is 426. The van der Waals surface area contributed by atoms with Crippen molar-refractivity contribution >= 4 is 11.6 Å². The standard InChI is InChI=1S/C16H23ClN2O/c17-15-11-18-8-5-16(15)20-12-13-6-9-19(10-7-13)14-3-1-2-4-14/h5,8,11,13-14H,1-4,6-7,9-10,12H2. The van der Waals surface area contributed by atoms with Gasteiger partial charge in [-0.25, -0.2) is 0 Å². The summed E-state index contributed by atoms with van der Waals surface area (Å²) in [5, 5.41) is 0.607. The quantitative estimate of drug-likeness (QED) is 0.845. The fraction of sp³-hybridized carbons (Fsp3) is 0.688. The molecule has 0 bridgehead atoms. The lowest BCUT2D eigenvalue weighted by atomic mass is 9.96. The van der Waals surface area contributed by atoms with Crippen molar-refractivity contribution in [3.8, 4) is 5.75 Å². The SMILES string of the molecule is Clc1cnccc1OCC1CCN(C2CCCC2)CC1. The summed E-state index contributed by atoms with van der Waals surface area (Å²) >= 11 is 6.06. The summed E-state index contributed by atoms with van der Waals surface area (Å²) in [6, 6.07) is 2.71. The number of pyridine rings is 1. The Balaban J connectivity index is 1.43. The van der Waals surface area contributed by atoms with Gasteiger partial charge in [-0.1, -0.05) is 24.4 Å². The third kappa shape index (κ3) is 3.44. The van der Waals surface area contributed by atoms with Crippen molar-refractivity contribution in [3.05, 3.63) is 23.5 Å². The van der Waals surface area contributed by atoms with Crippen LogP contribution in [-0.2, 0) is 0 Å². The number of halogens is 1. The van der Waals surface area contributed by atoms with Gasteiger partial charge in [0.2, 0.25) is 0 Å². The Hall–Kier alpha value is -0.800. The predicted molar refractivity (Wildman–Crippen MR) is 81.3 cm³/mol. The van der Waals surface area contributed by atoms with Gasteiger partial charge < -0.3 is 9.64 Å². The maximum atomic E-state index is 6.06. The monoisotopic (exact) mass is 294 g/mol.